The Morgan fingerprint density at radius 1 is 0.933 bits per heavy atom. The van der Waals surface area contributed by atoms with Crippen LogP contribution >= 0.6 is 0 Å². The summed E-state index contributed by atoms with van der Waals surface area (Å²) in [5.41, 5.74) is 5.58. The number of rotatable bonds is 8. The van der Waals surface area contributed by atoms with Gasteiger partial charge in [0.15, 0.2) is 0 Å². The van der Waals surface area contributed by atoms with Crippen LogP contribution in [0, 0.1) is 20.8 Å². The molecule has 5 nitrogen and oxygen atoms in total. The van der Waals surface area contributed by atoms with Gasteiger partial charge in [0, 0.05) is 18.8 Å². The molecule has 30 heavy (non-hydrogen) atoms. The maximum absolute atomic E-state index is 13.3. The number of hydrogen-bond donors (Lipinski definition) is 1. The number of para-hydroxylation sites is 1. The normalized spacial score (nSPS) is 14.3. The lowest BCUT2D eigenvalue weighted by Gasteiger charge is -2.16. The van der Waals surface area contributed by atoms with Gasteiger partial charge in [0.1, 0.15) is 5.70 Å². The summed E-state index contributed by atoms with van der Waals surface area (Å²) in [6.45, 7) is 10.8. The lowest BCUT2D eigenvalue weighted by Crippen LogP contribution is -2.34. The van der Waals surface area contributed by atoms with Crippen LogP contribution in [0.4, 0.5) is 5.69 Å². The smallest absolute Gasteiger partial charge is 0.278 e. The second-order valence-electron chi connectivity index (χ2n) is 8.02. The van der Waals surface area contributed by atoms with E-state index in [2.05, 4.69) is 5.32 Å². The Labute approximate surface area is 178 Å². The second kappa shape index (κ2) is 9.26. The van der Waals surface area contributed by atoms with Gasteiger partial charge in [-0.3, -0.25) is 14.5 Å². The molecule has 0 radical (unpaired) electrons. The summed E-state index contributed by atoms with van der Waals surface area (Å²) < 4.78 is 5.57. The number of nitrogens with zero attached hydrogens (tertiary/aromatic N) is 1. The van der Waals surface area contributed by atoms with Crippen molar-refractivity contribution in [3.05, 3.63) is 70.4 Å². The molecule has 2 aromatic carbocycles. The molecular formula is C25H30N2O3. The minimum absolute atomic E-state index is 0.123. The molecule has 2 amide bonds. The van der Waals surface area contributed by atoms with Crippen LogP contribution in [0.15, 0.2) is 48.2 Å². The number of benzene rings is 2. The Morgan fingerprint density at radius 3 is 2.33 bits per heavy atom. The van der Waals surface area contributed by atoms with Gasteiger partial charge in [-0.1, -0.05) is 36.4 Å². The minimum Gasteiger partial charge on any atom is -0.379 e. The number of amides is 2. The van der Waals surface area contributed by atoms with Crippen LogP contribution in [0.5, 0.6) is 0 Å². The van der Waals surface area contributed by atoms with Crippen molar-refractivity contribution >= 4 is 23.1 Å². The first-order valence-electron chi connectivity index (χ1n) is 10.4. The Bertz CT molecular complexity index is 992. The van der Waals surface area contributed by atoms with Gasteiger partial charge >= 0.3 is 0 Å². The molecule has 1 aliphatic rings. The molecule has 2 aromatic rings. The predicted molar refractivity (Wildman–Crippen MR) is 120 cm³/mol. The van der Waals surface area contributed by atoms with Gasteiger partial charge in [-0.05, 0) is 69.4 Å². The summed E-state index contributed by atoms with van der Waals surface area (Å²) in [5.74, 6) is -0.551. The number of hydrogen-bond acceptors (Lipinski definition) is 4. The minimum atomic E-state index is -0.291. The van der Waals surface area contributed by atoms with Crippen LogP contribution in [0.1, 0.15) is 42.5 Å². The van der Waals surface area contributed by atoms with E-state index >= 15 is 0 Å². The van der Waals surface area contributed by atoms with Gasteiger partial charge in [-0.2, -0.15) is 0 Å². The van der Waals surface area contributed by atoms with E-state index in [0.717, 1.165) is 27.9 Å². The van der Waals surface area contributed by atoms with E-state index in [0.29, 0.717) is 30.8 Å². The molecule has 0 spiro atoms. The Balaban J connectivity index is 1.95. The third-order valence-electron chi connectivity index (χ3n) is 5.35. The zero-order chi connectivity index (χ0) is 21.8. The molecule has 158 valence electrons. The number of carbonyl (C=O) groups excluding carboxylic acids is 2. The number of nitrogens with one attached hydrogen (secondary N) is 1. The quantitative estimate of drug-likeness (QED) is 0.513. The maximum Gasteiger partial charge on any atom is 0.278 e. The number of ether oxygens (including phenoxy) is 1. The molecule has 1 heterocycles. The van der Waals surface area contributed by atoms with Crippen LogP contribution < -0.4 is 5.32 Å². The van der Waals surface area contributed by atoms with Gasteiger partial charge in [-0.15, -0.1) is 0 Å². The molecule has 1 N–H and O–H groups in total. The van der Waals surface area contributed by atoms with E-state index in [-0.39, 0.29) is 17.9 Å². The number of aryl methyl sites for hydroxylation is 3. The van der Waals surface area contributed by atoms with Gasteiger partial charge in [-0.25, -0.2) is 0 Å². The first-order valence-corrected chi connectivity index (χ1v) is 10.4. The van der Waals surface area contributed by atoms with Gasteiger partial charge in [0.25, 0.3) is 11.8 Å². The summed E-state index contributed by atoms with van der Waals surface area (Å²) >= 11 is 0. The molecule has 5 heteroatoms. The fourth-order valence-corrected chi connectivity index (χ4v) is 3.45. The molecular weight excluding hydrogens is 376 g/mol. The largest absolute Gasteiger partial charge is 0.379 e. The van der Waals surface area contributed by atoms with E-state index in [4.69, 9.17) is 4.74 Å². The Morgan fingerprint density at radius 2 is 1.67 bits per heavy atom. The fourth-order valence-electron chi connectivity index (χ4n) is 3.45. The average molecular weight is 407 g/mol. The highest BCUT2D eigenvalue weighted by molar-refractivity contribution is 6.36. The second-order valence-corrected chi connectivity index (χ2v) is 8.02. The molecule has 0 saturated carbocycles. The monoisotopic (exact) mass is 406 g/mol. The van der Waals surface area contributed by atoms with Crippen molar-refractivity contribution < 1.29 is 14.3 Å². The first-order chi connectivity index (χ1) is 14.3. The maximum atomic E-state index is 13.3. The van der Waals surface area contributed by atoms with E-state index in [1.165, 1.54) is 4.90 Å². The van der Waals surface area contributed by atoms with E-state index in [1.807, 2.05) is 77.1 Å². The number of carbonyl (C=O) groups is 2. The Hall–Kier alpha value is -2.92. The molecule has 3 rings (SSSR count). The summed E-state index contributed by atoms with van der Waals surface area (Å²) in [6.07, 6.45) is 0.727. The van der Waals surface area contributed by atoms with E-state index < -0.39 is 0 Å². The van der Waals surface area contributed by atoms with E-state index in [1.54, 1.807) is 0 Å². The van der Waals surface area contributed by atoms with Crippen molar-refractivity contribution in [1.82, 2.24) is 4.90 Å². The summed E-state index contributed by atoms with van der Waals surface area (Å²) in [5, 5.41) is 3.25. The zero-order valence-electron chi connectivity index (χ0n) is 18.4. The summed E-state index contributed by atoms with van der Waals surface area (Å²) in [7, 11) is 0. The van der Waals surface area contributed by atoms with Crippen LogP contribution in [0.25, 0.3) is 5.57 Å². The molecule has 0 atom stereocenters. The summed E-state index contributed by atoms with van der Waals surface area (Å²) in [4.78, 5) is 27.9. The van der Waals surface area contributed by atoms with Crippen molar-refractivity contribution in [3.8, 4) is 0 Å². The third-order valence-corrected chi connectivity index (χ3v) is 5.35. The molecule has 1 aliphatic heterocycles. The summed E-state index contributed by atoms with van der Waals surface area (Å²) in [6, 6.07) is 13.6. The molecule has 0 unspecified atom stereocenters. The lowest BCUT2D eigenvalue weighted by molar-refractivity contribution is -0.137. The van der Waals surface area contributed by atoms with Crippen molar-refractivity contribution in [2.75, 3.05) is 18.5 Å². The van der Waals surface area contributed by atoms with Crippen molar-refractivity contribution in [2.45, 2.75) is 47.1 Å². The molecule has 0 aromatic heterocycles. The third kappa shape index (κ3) is 4.62. The highest BCUT2D eigenvalue weighted by atomic mass is 16.5. The van der Waals surface area contributed by atoms with Crippen LogP contribution in [-0.2, 0) is 14.3 Å². The lowest BCUT2D eigenvalue weighted by atomic mass is 9.99. The zero-order valence-corrected chi connectivity index (χ0v) is 18.4. The van der Waals surface area contributed by atoms with Crippen molar-refractivity contribution in [3.63, 3.8) is 0 Å². The van der Waals surface area contributed by atoms with Gasteiger partial charge < -0.3 is 10.1 Å². The predicted octanol–water partition coefficient (Wildman–Crippen LogP) is 4.62. The van der Waals surface area contributed by atoms with Crippen LogP contribution in [0.3, 0.4) is 0 Å². The van der Waals surface area contributed by atoms with E-state index in [9.17, 15) is 9.59 Å². The SMILES string of the molecule is Cc1ccc(C2=C(Nc3ccccc3C)C(=O)N(CCCOC(C)C)C2=O)cc1C. The van der Waals surface area contributed by atoms with Gasteiger partial charge in [0.2, 0.25) is 0 Å². The van der Waals surface area contributed by atoms with Crippen LogP contribution in [0.2, 0.25) is 0 Å². The fraction of sp³-hybridized carbons (Fsp3) is 0.360. The highest BCUT2D eigenvalue weighted by Gasteiger charge is 2.39. The molecule has 0 aliphatic carbocycles. The molecule has 0 bridgehead atoms. The topological polar surface area (TPSA) is 58.6 Å². The van der Waals surface area contributed by atoms with Crippen molar-refractivity contribution in [2.24, 2.45) is 0 Å². The number of anilines is 1. The van der Waals surface area contributed by atoms with Gasteiger partial charge in [0.05, 0.1) is 11.7 Å². The average Bonchev–Trinajstić information content (AvgIpc) is 2.93. The molecule has 0 saturated heterocycles. The Kier molecular flexibility index (Phi) is 6.73. The first kappa shape index (κ1) is 21.8. The van der Waals surface area contributed by atoms with Crippen molar-refractivity contribution in [1.29, 1.82) is 0 Å². The standard InChI is InChI=1S/C25H30N2O3/c1-16(2)30-14-8-13-27-24(28)22(20-12-11-17(3)19(5)15-20)23(25(27)29)26-21-10-7-6-9-18(21)4/h6-7,9-12,15-16,26H,8,13-14H2,1-5H3. The van der Waals surface area contributed by atoms with Crippen LogP contribution in [-0.4, -0.2) is 36.0 Å². The number of imide groups is 1. The highest BCUT2D eigenvalue weighted by Crippen LogP contribution is 2.32. The molecule has 0 fully saturated rings.